The van der Waals surface area contributed by atoms with Crippen LogP contribution in [0, 0.1) is 6.92 Å². The molecule has 0 radical (unpaired) electrons. The van der Waals surface area contributed by atoms with Crippen molar-refractivity contribution < 1.29 is 9.63 Å². The molecule has 132 valence electrons. The van der Waals surface area contributed by atoms with Gasteiger partial charge in [-0.15, -0.1) is 11.3 Å². The second kappa shape index (κ2) is 8.79. The van der Waals surface area contributed by atoms with Gasteiger partial charge in [-0.05, 0) is 38.6 Å². The van der Waals surface area contributed by atoms with Crippen molar-refractivity contribution in [3.63, 3.8) is 0 Å². The summed E-state index contributed by atoms with van der Waals surface area (Å²) < 4.78 is 5.09. The molecule has 2 heterocycles. The van der Waals surface area contributed by atoms with Crippen molar-refractivity contribution in [2.45, 2.75) is 39.2 Å². The van der Waals surface area contributed by atoms with Gasteiger partial charge in [-0.2, -0.15) is 4.98 Å². The number of guanidine groups is 1. The maximum absolute atomic E-state index is 10.5. The summed E-state index contributed by atoms with van der Waals surface area (Å²) >= 11 is 1.53. The molecule has 0 aliphatic heterocycles. The number of hydrogen-bond acceptors (Lipinski definition) is 6. The van der Waals surface area contributed by atoms with E-state index in [0.29, 0.717) is 24.2 Å². The summed E-state index contributed by atoms with van der Waals surface area (Å²) in [6.07, 6.45) is 1.58. The molecule has 24 heavy (non-hydrogen) atoms. The Balaban J connectivity index is 1.82. The fourth-order valence-corrected chi connectivity index (χ4v) is 2.90. The highest BCUT2D eigenvalue weighted by atomic mass is 32.1. The van der Waals surface area contributed by atoms with Crippen molar-refractivity contribution in [3.05, 3.63) is 34.1 Å². The molecule has 0 aromatic carbocycles. The molecule has 2 aromatic rings. The van der Waals surface area contributed by atoms with E-state index >= 15 is 0 Å². The average molecular weight is 351 g/mol. The molecule has 2 rings (SSSR count). The van der Waals surface area contributed by atoms with Crippen LogP contribution in [0.2, 0.25) is 0 Å². The van der Waals surface area contributed by atoms with E-state index in [1.54, 1.807) is 13.8 Å². The van der Waals surface area contributed by atoms with Crippen molar-refractivity contribution in [2.24, 2.45) is 4.99 Å². The molecule has 2 aromatic heterocycles. The van der Waals surface area contributed by atoms with Crippen LogP contribution < -0.4 is 10.6 Å². The van der Waals surface area contributed by atoms with E-state index in [1.165, 1.54) is 11.3 Å². The van der Waals surface area contributed by atoms with Gasteiger partial charge in [0.25, 0.3) is 0 Å². The summed E-state index contributed by atoms with van der Waals surface area (Å²) in [6.45, 7) is 7.39. The van der Waals surface area contributed by atoms with Crippen molar-refractivity contribution in [2.75, 3.05) is 19.6 Å². The van der Waals surface area contributed by atoms with Crippen molar-refractivity contribution >= 4 is 17.3 Å². The Morgan fingerprint density at radius 1 is 1.46 bits per heavy atom. The van der Waals surface area contributed by atoms with Crippen LogP contribution >= 0.6 is 11.3 Å². The van der Waals surface area contributed by atoms with Crippen LogP contribution in [0.4, 0.5) is 0 Å². The van der Waals surface area contributed by atoms with Gasteiger partial charge in [0.1, 0.15) is 5.60 Å². The molecule has 0 fully saturated rings. The summed E-state index contributed by atoms with van der Waals surface area (Å²) in [6, 6.07) is 3.85. The zero-order valence-electron chi connectivity index (χ0n) is 14.4. The van der Waals surface area contributed by atoms with Crippen LogP contribution in [0.5, 0.6) is 0 Å². The van der Waals surface area contributed by atoms with E-state index in [1.807, 2.05) is 24.4 Å². The standard InChI is InChI=1S/C16H25N5O2S/c1-4-17-15(18-9-5-8-14-20-12(2)21-23-14)19-11-16(3,22)13-7-6-10-24-13/h6-7,10,22H,4-5,8-9,11H2,1-3H3,(H2,17,18,19). The molecule has 0 aliphatic carbocycles. The smallest absolute Gasteiger partial charge is 0.226 e. The number of aliphatic imine (C=N–C) groups is 1. The highest BCUT2D eigenvalue weighted by molar-refractivity contribution is 7.10. The lowest BCUT2D eigenvalue weighted by atomic mass is 10.1. The number of thiophene rings is 1. The number of hydrogen-bond donors (Lipinski definition) is 3. The third-order valence-electron chi connectivity index (χ3n) is 3.37. The van der Waals surface area contributed by atoms with Crippen LogP contribution in [0.15, 0.2) is 27.0 Å². The normalized spacial score (nSPS) is 14.4. The van der Waals surface area contributed by atoms with E-state index < -0.39 is 5.60 Å². The molecular weight excluding hydrogens is 326 g/mol. The fourth-order valence-electron chi connectivity index (χ4n) is 2.13. The quantitative estimate of drug-likeness (QED) is 0.381. The van der Waals surface area contributed by atoms with Crippen LogP contribution in [-0.2, 0) is 12.0 Å². The Bertz CT molecular complexity index is 637. The third kappa shape index (κ3) is 5.61. The predicted octanol–water partition coefficient (Wildman–Crippen LogP) is 1.83. The number of nitrogens with zero attached hydrogens (tertiary/aromatic N) is 3. The van der Waals surface area contributed by atoms with Crippen molar-refractivity contribution in [1.82, 2.24) is 20.8 Å². The Morgan fingerprint density at radius 3 is 2.92 bits per heavy atom. The fraction of sp³-hybridized carbons (Fsp3) is 0.562. The predicted molar refractivity (Wildman–Crippen MR) is 95.2 cm³/mol. The second-order valence-electron chi connectivity index (χ2n) is 5.71. The lowest BCUT2D eigenvalue weighted by Gasteiger charge is -2.20. The summed E-state index contributed by atoms with van der Waals surface area (Å²) in [5.74, 6) is 2.00. The highest BCUT2D eigenvalue weighted by Gasteiger charge is 2.23. The van der Waals surface area contributed by atoms with E-state index in [0.717, 1.165) is 30.8 Å². The minimum absolute atomic E-state index is 0.297. The van der Waals surface area contributed by atoms with E-state index in [9.17, 15) is 5.11 Å². The summed E-state index contributed by atoms with van der Waals surface area (Å²) in [5.41, 5.74) is -0.961. The first-order valence-corrected chi connectivity index (χ1v) is 8.97. The molecule has 0 saturated heterocycles. The molecule has 0 bridgehead atoms. The molecular formula is C16H25N5O2S. The van der Waals surface area contributed by atoms with Gasteiger partial charge < -0.3 is 20.3 Å². The molecule has 0 spiro atoms. The molecule has 3 N–H and O–H groups in total. The number of aryl methyl sites for hydroxylation is 2. The largest absolute Gasteiger partial charge is 0.383 e. The van der Waals surface area contributed by atoms with Gasteiger partial charge in [-0.25, -0.2) is 4.99 Å². The Hall–Kier alpha value is -1.93. The lowest BCUT2D eigenvalue weighted by Crippen LogP contribution is -2.39. The van der Waals surface area contributed by atoms with Crippen molar-refractivity contribution in [1.29, 1.82) is 0 Å². The first-order valence-electron chi connectivity index (χ1n) is 8.09. The average Bonchev–Trinajstić information content (AvgIpc) is 3.21. The number of aliphatic hydroxyl groups is 1. The second-order valence-corrected chi connectivity index (χ2v) is 6.66. The van der Waals surface area contributed by atoms with Gasteiger partial charge in [0.2, 0.25) is 5.89 Å². The Kier molecular flexibility index (Phi) is 6.74. The molecule has 0 saturated carbocycles. The SMILES string of the molecule is CCNC(=NCC(C)(O)c1cccs1)NCCCc1nc(C)no1. The van der Waals surface area contributed by atoms with E-state index in [4.69, 9.17) is 4.52 Å². The monoisotopic (exact) mass is 351 g/mol. The van der Waals surface area contributed by atoms with Crippen LogP contribution in [0.1, 0.15) is 36.9 Å². The highest BCUT2D eigenvalue weighted by Crippen LogP contribution is 2.25. The van der Waals surface area contributed by atoms with Crippen LogP contribution in [0.25, 0.3) is 0 Å². The lowest BCUT2D eigenvalue weighted by molar-refractivity contribution is 0.0711. The van der Waals surface area contributed by atoms with Gasteiger partial charge in [0.15, 0.2) is 11.8 Å². The summed E-state index contributed by atoms with van der Waals surface area (Å²) in [5, 5.41) is 22.7. The third-order valence-corrected chi connectivity index (χ3v) is 4.49. The number of aromatic nitrogens is 2. The minimum Gasteiger partial charge on any atom is -0.383 e. The maximum Gasteiger partial charge on any atom is 0.226 e. The Labute approximate surface area is 146 Å². The summed E-state index contributed by atoms with van der Waals surface area (Å²) in [4.78, 5) is 9.58. The first-order chi connectivity index (χ1) is 11.5. The van der Waals surface area contributed by atoms with Gasteiger partial charge in [-0.1, -0.05) is 11.2 Å². The zero-order valence-corrected chi connectivity index (χ0v) is 15.2. The zero-order chi connectivity index (χ0) is 17.4. The topological polar surface area (TPSA) is 95.6 Å². The minimum atomic E-state index is -0.961. The van der Waals surface area contributed by atoms with Gasteiger partial charge in [0.05, 0.1) is 6.54 Å². The number of rotatable bonds is 8. The molecule has 0 amide bonds. The van der Waals surface area contributed by atoms with Crippen LogP contribution in [0.3, 0.4) is 0 Å². The Morgan fingerprint density at radius 2 is 2.29 bits per heavy atom. The molecule has 0 aliphatic rings. The molecule has 1 atom stereocenters. The number of nitrogens with one attached hydrogen (secondary N) is 2. The summed E-state index contributed by atoms with van der Waals surface area (Å²) in [7, 11) is 0. The van der Waals surface area contributed by atoms with E-state index in [2.05, 4.69) is 25.8 Å². The van der Waals surface area contributed by atoms with Crippen LogP contribution in [-0.4, -0.2) is 40.8 Å². The van der Waals surface area contributed by atoms with Crippen molar-refractivity contribution in [3.8, 4) is 0 Å². The maximum atomic E-state index is 10.5. The molecule has 7 nitrogen and oxygen atoms in total. The van der Waals surface area contributed by atoms with Gasteiger partial charge in [0, 0.05) is 24.4 Å². The van der Waals surface area contributed by atoms with Gasteiger partial charge >= 0.3 is 0 Å². The van der Waals surface area contributed by atoms with E-state index in [-0.39, 0.29) is 0 Å². The first kappa shape index (κ1) is 18.4. The molecule has 1 unspecified atom stereocenters. The molecule has 8 heteroatoms. The van der Waals surface area contributed by atoms with Gasteiger partial charge in [-0.3, -0.25) is 0 Å².